The van der Waals surface area contributed by atoms with Gasteiger partial charge in [-0.3, -0.25) is 9.59 Å². The molecular weight excluding hydrogens is 873 g/mol. The number of hydrogen-bond donors (Lipinski definition) is 0. The molecule has 3 aromatic carbocycles. The lowest BCUT2D eigenvalue weighted by Crippen LogP contribution is -2.47. The number of carbonyl (C=O) groups excluding carboxylic acids is 2. The normalized spacial score (nSPS) is 16.7. The molecule has 0 radical (unpaired) electrons. The van der Waals surface area contributed by atoms with Crippen LogP contribution in [0.15, 0.2) is 99.5 Å². The van der Waals surface area contributed by atoms with Crippen molar-refractivity contribution in [1.82, 2.24) is 14.8 Å². The molecule has 6 rings (SSSR count). The van der Waals surface area contributed by atoms with Crippen molar-refractivity contribution in [2.45, 2.75) is 111 Å². The number of hydrogen-bond acceptors (Lipinski definition) is 8. The predicted octanol–water partition coefficient (Wildman–Crippen LogP) is 9.91. The first-order valence-corrected chi connectivity index (χ1v) is 23.4. The molecule has 0 atom stereocenters. The largest absolute Gasteiger partial charge is 0.441 e. The molecule has 63 heavy (non-hydrogen) atoms. The second-order valence-corrected chi connectivity index (χ2v) is 23.1. The molecule has 2 aliphatic heterocycles. The quantitative estimate of drug-likeness (QED) is 0.160. The molecule has 3 heterocycles. The standard InChI is InChI=1S/C26H32F3NO3S.C19H21F3N2O4S/c1-24(2,3)19-11-9-18(10-12-19)23(31)30-15-13-20(14-16-30)25(4,5)34(32,33)22-8-6-7-21(17-22)26(27,28)29;1-18(2,29(26,27)15-5-3-4-14(12-15)19(20,21)22)13-6-9-24(10-7-13)17(25)16-23-8-11-28-16/h6-12,17,20H,13-16H2,1-5H3;3-5,8,11-13H,6-7,9-10H2,1-2H3. The lowest BCUT2D eigenvalue weighted by molar-refractivity contribution is -0.138. The Morgan fingerprint density at radius 2 is 0.984 bits per heavy atom. The number of piperidine rings is 2. The van der Waals surface area contributed by atoms with Crippen LogP contribution in [-0.2, 0) is 37.4 Å². The van der Waals surface area contributed by atoms with Gasteiger partial charge in [0, 0.05) is 31.7 Å². The number of halogens is 6. The van der Waals surface area contributed by atoms with Crippen molar-refractivity contribution in [3.05, 3.63) is 113 Å². The Bertz CT molecular complexity index is 2460. The monoisotopic (exact) mass is 925 g/mol. The van der Waals surface area contributed by atoms with Crippen LogP contribution in [-0.4, -0.2) is 79.1 Å². The lowest BCUT2D eigenvalue weighted by atomic mass is 9.85. The van der Waals surface area contributed by atoms with Gasteiger partial charge in [-0.25, -0.2) is 21.8 Å². The number of alkyl halides is 6. The smallest absolute Gasteiger partial charge is 0.416 e. The van der Waals surface area contributed by atoms with Crippen LogP contribution < -0.4 is 0 Å². The van der Waals surface area contributed by atoms with Crippen LogP contribution >= 0.6 is 0 Å². The Kier molecular flexibility index (Phi) is 14.1. The maximum atomic E-state index is 13.3. The van der Waals surface area contributed by atoms with E-state index in [4.69, 9.17) is 4.42 Å². The fourth-order valence-electron chi connectivity index (χ4n) is 8.04. The van der Waals surface area contributed by atoms with Gasteiger partial charge in [0.1, 0.15) is 6.26 Å². The van der Waals surface area contributed by atoms with E-state index in [-0.39, 0.29) is 44.7 Å². The summed E-state index contributed by atoms with van der Waals surface area (Å²) in [5, 5.41) is 0. The van der Waals surface area contributed by atoms with E-state index < -0.39 is 52.6 Å². The highest BCUT2D eigenvalue weighted by atomic mass is 32.2. The zero-order valence-electron chi connectivity index (χ0n) is 36.2. The van der Waals surface area contributed by atoms with Crippen LogP contribution in [0.2, 0.25) is 0 Å². The van der Waals surface area contributed by atoms with E-state index in [1.807, 2.05) is 24.3 Å². The number of nitrogens with zero attached hydrogens (tertiary/aromatic N) is 3. The summed E-state index contributed by atoms with van der Waals surface area (Å²) in [4.78, 5) is 31.7. The minimum absolute atomic E-state index is 0.0172. The van der Waals surface area contributed by atoms with Gasteiger partial charge >= 0.3 is 18.3 Å². The van der Waals surface area contributed by atoms with Crippen molar-refractivity contribution >= 4 is 31.5 Å². The first-order valence-electron chi connectivity index (χ1n) is 20.4. The molecule has 2 aliphatic rings. The van der Waals surface area contributed by atoms with Gasteiger partial charge in [0.15, 0.2) is 19.7 Å². The molecule has 4 aromatic rings. The average Bonchev–Trinajstić information content (AvgIpc) is 3.78. The van der Waals surface area contributed by atoms with Crippen LogP contribution in [0.25, 0.3) is 0 Å². The van der Waals surface area contributed by atoms with Gasteiger partial charge < -0.3 is 14.2 Å². The van der Waals surface area contributed by atoms with Crippen LogP contribution in [0.1, 0.15) is 112 Å². The zero-order valence-corrected chi connectivity index (χ0v) is 37.8. The molecule has 2 saturated heterocycles. The number of likely N-dealkylation sites (tertiary alicyclic amines) is 2. The second kappa shape index (κ2) is 18.0. The van der Waals surface area contributed by atoms with Crippen LogP contribution in [0, 0.1) is 11.8 Å². The third kappa shape index (κ3) is 10.6. The van der Waals surface area contributed by atoms with Crippen molar-refractivity contribution in [2.24, 2.45) is 11.8 Å². The maximum Gasteiger partial charge on any atom is 0.416 e. The summed E-state index contributed by atoms with van der Waals surface area (Å²) in [6, 6.07) is 15.3. The van der Waals surface area contributed by atoms with Gasteiger partial charge in [-0.05, 0) is 125 Å². The molecule has 10 nitrogen and oxygen atoms in total. The molecule has 2 amide bonds. The van der Waals surface area contributed by atoms with E-state index in [0.29, 0.717) is 69.6 Å². The number of benzene rings is 3. The summed E-state index contributed by atoms with van der Waals surface area (Å²) in [6.07, 6.45) is -4.87. The third-order valence-electron chi connectivity index (χ3n) is 12.5. The number of aromatic nitrogens is 1. The van der Waals surface area contributed by atoms with Crippen molar-refractivity contribution in [3.8, 4) is 0 Å². The van der Waals surface area contributed by atoms with Gasteiger partial charge in [-0.2, -0.15) is 26.3 Å². The first-order chi connectivity index (χ1) is 29.0. The van der Waals surface area contributed by atoms with E-state index in [1.165, 1.54) is 43.3 Å². The van der Waals surface area contributed by atoms with E-state index in [9.17, 15) is 52.8 Å². The van der Waals surface area contributed by atoms with Crippen LogP contribution in [0.4, 0.5) is 26.3 Å². The van der Waals surface area contributed by atoms with E-state index in [2.05, 4.69) is 25.8 Å². The van der Waals surface area contributed by atoms with Gasteiger partial charge in [0.25, 0.3) is 11.8 Å². The number of amides is 2. The molecule has 0 aliphatic carbocycles. The summed E-state index contributed by atoms with van der Waals surface area (Å²) in [5.74, 6) is -1.11. The molecular formula is C45H53F6N3O7S2. The number of rotatable bonds is 8. The zero-order chi connectivity index (χ0) is 47.0. The van der Waals surface area contributed by atoms with Gasteiger partial charge in [-0.1, -0.05) is 45.0 Å². The van der Waals surface area contributed by atoms with Crippen molar-refractivity contribution in [2.75, 3.05) is 26.2 Å². The van der Waals surface area contributed by atoms with Crippen molar-refractivity contribution < 1.29 is 57.2 Å². The van der Waals surface area contributed by atoms with Gasteiger partial charge in [0.05, 0.1) is 36.6 Å². The summed E-state index contributed by atoms with van der Waals surface area (Å²) >= 11 is 0. The summed E-state index contributed by atoms with van der Waals surface area (Å²) in [7, 11) is -8.07. The lowest BCUT2D eigenvalue weighted by Gasteiger charge is -2.40. The SMILES string of the molecule is CC(C)(C)c1ccc(C(=O)N2CCC(C(C)(C)S(=O)(=O)c3cccc(C(F)(F)F)c3)CC2)cc1.CC(C)(C1CCN(C(=O)c2ncco2)CC1)S(=O)(=O)c1cccc(C(F)(F)F)c1. The first kappa shape index (κ1) is 49.3. The van der Waals surface area contributed by atoms with Crippen molar-refractivity contribution in [3.63, 3.8) is 0 Å². The minimum atomic E-state index is -4.62. The highest BCUT2D eigenvalue weighted by Crippen LogP contribution is 2.41. The van der Waals surface area contributed by atoms with Crippen LogP contribution in [0.3, 0.4) is 0 Å². The molecule has 2 fully saturated rings. The molecule has 0 spiro atoms. The van der Waals surface area contributed by atoms with Crippen molar-refractivity contribution in [1.29, 1.82) is 0 Å². The summed E-state index contributed by atoms with van der Waals surface area (Å²) in [5.41, 5.74) is -0.286. The highest BCUT2D eigenvalue weighted by Gasteiger charge is 2.47. The number of oxazole rings is 1. The second-order valence-electron chi connectivity index (χ2n) is 18.1. The molecule has 0 unspecified atom stereocenters. The van der Waals surface area contributed by atoms with Gasteiger partial charge in [-0.15, -0.1) is 0 Å². The Hall–Kier alpha value is -4.71. The van der Waals surface area contributed by atoms with E-state index in [0.717, 1.165) is 29.8 Å². The Morgan fingerprint density at radius 1 is 0.587 bits per heavy atom. The fraction of sp³-hybridized carbons (Fsp3) is 0.489. The molecule has 1 aromatic heterocycles. The predicted molar refractivity (Wildman–Crippen MR) is 224 cm³/mol. The van der Waals surface area contributed by atoms with E-state index in [1.54, 1.807) is 18.7 Å². The summed E-state index contributed by atoms with van der Waals surface area (Å²) in [6.45, 7) is 13.9. The fourth-order valence-corrected chi connectivity index (χ4v) is 11.7. The Morgan fingerprint density at radius 3 is 1.33 bits per heavy atom. The molecule has 0 N–H and O–H groups in total. The molecule has 18 heteroatoms. The minimum Gasteiger partial charge on any atom is -0.441 e. The highest BCUT2D eigenvalue weighted by molar-refractivity contribution is 7.93. The third-order valence-corrected chi connectivity index (χ3v) is 17.7. The topological polar surface area (TPSA) is 135 Å². The number of carbonyl (C=O) groups is 2. The maximum absolute atomic E-state index is 13.3. The average molecular weight is 926 g/mol. The Balaban J connectivity index is 0.000000240. The molecule has 344 valence electrons. The number of sulfone groups is 2. The van der Waals surface area contributed by atoms with Crippen LogP contribution in [0.5, 0.6) is 0 Å². The molecule has 0 bridgehead atoms. The Labute approximate surface area is 364 Å². The van der Waals surface area contributed by atoms with E-state index >= 15 is 0 Å². The van der Waals surface area contributed by atoms with Gasteiger partial charge in [0.2, 0.25) is 0 Å². The molecule has 0 saturated carbocycles. The summed E-state index contributed by atoms with van der Waals surface area (Å²) < 4.78 is 134.